The van der Waals surface area contributed by atoms with Crippen molar-refractivity contribution in [2.24, 2.45) is 0 Å². The summed E-state index contributed by atoms with van der Waals surface area (Å²) in [6.45, 7) is 1.84. The highest BCUT2D eigenvalue weighted by Gasteiger charge is 2.21. The Labute approximate surface area is 173 Å². The topological polar surface area (TPSA) is 89.2 Å². The van der Waals surface area contributed by atoms with Crippen molar-refractivity contribution in [3.8, 4) is 17.1 Å². The van der Waals surface area contributed by atoms with Gasteiger partial charge in [0.1, 0.15) is 11.5 Å². The van der Waals surface area contributed by atoms with E-state index in [1.165, 1.54) is 0 Å². The minimum Gasteiger partial charge on any atom is -0.460 e. The summed E-state index contributed by atoms with van der Waals surface area (Å²) in [4.78, 5) is 24.7. The number of furan rings is 1. The molecule has 7 heteroatoms. The molecule has 2 aromatic heterocycles. The Morgan fingerprint density at radius 3 is 2.30 bits per heavy atom. The van der Waals surface area contributed by atoms with Crippen LogP contribution in [0.15, 0.2) is 77.3 Å². The van der Waals surface area contributed by atoms with Gasteiger partial charge in [-0.1, -0.05) is 18.2 Å². The number of para-hydroxylation sites is 1. The van der Waals surface area contributed by atoms with Crippen molar-refractivity contribution in [1.29, 1.82) is 0 Å². The molecule has 0 bridgehead atoms. The molecule has 4 rings (SSSR count). The van der Waals surface area contributed by atoms with Crippen molar-refractivity contribution in [3.63, 3.8) is 0 Å². The Kier molecular flexibility index (Phi) is 5.17. The average Bonchev–Trinajstić information content (AvgIpc) is 3.41. The Morgan fingerprint density at radius 1 is 0.933 bits per heavy atom. The fraction of sp³-hybridized carbons (Fsp3) is 0.0870. The van der Waals surface area contributed by atoms with E-state index in [-0.39, 0.29) is 11.8 Å². The van der Waals surface area contributed by atoms with Gasteiger partial charge in [0.15, 0.2) is 5.76 Å². The molecule has 0 unspecified atom stereocenters. The lowest BCUT2D eigenvalue weighted by molar-refractivity contribution is 0.0962. The van der Waals surface area contributed by atoms with Gasteiger partial charge in [-0.05, 0) is 55.5 Å². The fourth-order valence-corrected chi connectivity index (χ4v) is 3.04. The van der Waals surface area contributed by atoms with Gasteiger partial charge >= 0.3 is 0 Å². The van der Waals surface area contributed by atoms with Crippen LogP contribution in [0.4, 0.5) is 5.69 Å². The van der Waals surface area contributed by atoms with E-state index in [9.17, 15) is 9.59 Å². The van der Waals surface area contributed by atoms with Gasteiger partial charge in [0.2, 0.25) is 0 Å². The zero-order valence-corrected chi connectivity index (χ0v) is 16.5. The lowest BCUT2D eigenvalue weighted by Crippen LogP contribution is -2.18. The molecule has 2 heterocycles. The van der Waals surface area contributed by atoms with E-state index in [2.05, 4.69) is 15.7 Å². The minimum absolute atomic E-state index is 0.188. The molecule has 2 amide bonds. The Bertz CT molecular complexity index is 1190. The van der Waals surface area contributed by atoms with Gasteiger partial charge in [-0.25, -0.2) is 4.68 Å². The molecule has 0 spiro atoms. The molecule has 4 aromatic rings. The molecule has 0 aliphatic carbocycles. The number of anilines is 1. The molecule has 30 heavy (non-hydrogen) atoms. The second kappa shape index (κ2) is 8.08. The van der Waals surface area contributed by atoms with E-state index in [4.69, 9.17) is 4.42 Å². The smallest absolute Gasteiger partial charge is 0.259 e. The number of hydrogen-bond acceptors (Lipinski definition) is 4. The number of benzene rings is 2. The number of nitrogens with zero attached hydrogens (tertiary/aromatic N) is 2. The molecule has 0 fully saturated rings. The Morgan fingerprint density at radius 2 is 1.67 bits per heavy atom. The summed E-state index contributed by atoms with van der Waals surface area (Å²) in [6, 6.07) is 19.8. The van der Waals surface area contributed by atoms with Crippen molar-refractivity contribution < 1.29 is 14.0 Å². The van der Waals surface area contributed by atoms with Crippen LogP contribution in [0.5, 0.6) is 0 Å². The number of aryl methyl sites for hydroxylation is 1. The van der Waals surface area contributed by atoms with Crippen molar-refractivity contribution in [1.82, 2.24) is 15.1 Å². The summed E-state index contributed by atoms with van der Waals surface area (Å²) in [5.74, 6) is 0.735. The molecule has 0 saturated heterocycles. The van der Waals surface area contributed by atoms with E-state index in [0.29, 0.717) is 28.3 Å². The highest BCUT2D eigenvalue weighted by Crippen LogP contribution is 2.26. The SMILES string of the molecule is CNC(=O)c1ccc(NC(=O)c2cn(-c3ccccc3)nc2-c2ccc(C)o2)cc1. The summed E-state index contributed by atoms with van der Waals surface area (Å²) in [7, 11) is 1.57. The maximum absolute atomic E-state index is 13.0. The second-order valence-corrected chi connectivity index (χ2v) is 6.69. The normalized spacial score (nSPS) is 10.6. The number of amides is 2. The standard InChI is InChI=1S/C23H20N4O3/c1-15-8-13-20(30-15)21-19(14-27(26-21)18-6-4-3-5-7-18)23(29)25-17-11-9-16(10-12-17)22(28)24-2/h3-14H,1-2H3,(H,24,28)(H,25,29). The molecule has 2 aromatic carbocycles. The summed E-state index contributed by atoms with van der Waals surface area (Å²) in [5.41, 5.74) is 2.74. The molecule has 2 N–H and O–H groups in total. The average molecular weight is 400 g/mol. The minimum atomic E-state index is -0.325. The van der Waals surface area contributed by atoms with Crippen LogP contribution in [0.25, 0.3) is 17.1 Å². The van der Waals surface area contributed by atoms with Crippen LogP contribution in [0.2, 0.25) is 0 Å². The lowest BCUT2D eigenvalue weighted by Gasteiger charge is -2.06. The predicted molar refractivity (Wildman–Crippen MR) is 114 cm³/mol. The largest absolute Gasteiger partial charge is 0.460 e. The third-order valence-corrected chi connectivity index (χ3v) is 4.59. The molecule has 0 atom stereocenters. The van der Waals surface area contributed by atoms with E-state index in [1.54, 1.807) is 48.3 Å². The second-order valence-electron chi connectivity index (χ2n) is 6.69. The quantitative estimate of drug-likeness (QED) is 0.529. The van der Waals surface area contributed by atoms with Gasteiger partial charge < -0.3 is 15.1 Å². The molecule has 150 valence electrons. The van der Waals surface area contributed by atoms with Crippen LogP contribution >= 0.6 is 0 Å². The monoisotopic (exact) mass is 400 g/mol. The molecular formula is C23H20N4O3. The van der Waals surface area contributed by atoms with E-state index in [1.807, 2.05) is 43.3 Å². The molecule has 0 radical (unpaired) electrons. The molecule has 0 aliphatic heterocycles. The number of carbonyl (C=O) groups excluding carboxylic acids is 2. The number of aromatic nitrogens is 2. The van der Waals surface area contributed by atoms with E-state index in [0.717, 1.165) is 11.4 Å². The van der Waals surface area contributed by atoms with E-state index >= 15 is 0 Å². The summed E-state index contributed by atoms with van der Waals surface area (Å²) >= 11 is 0. The van der Waals surface area contributed by atoms with Gasteiger partial charge in [-0.2, -0.15) is 5.10 Å². The molecular weight excluding hydrogens is 380 g/mol. The van der Waals surface area contributed by atoms with Crippen LogP contribution in [0.3, 0.4) is 0 Å². The van der Waals surface area contributed by atoms with Gasteiger partial charge in [-0.15, -0.1) is 0 Å². The number of nitrogens with one attached hydrogen (secondary N) is 2. The number of rotatable bonds is 5. The summed E-state index contributed by atoms with van der Waals surface area (Å²) < 4.78 is 7.36. The van der Waals surface area contributed by atoms with Gasteiger partial charge in [-0.3, -0.25) is 9.59 Å². The Balaban J connectivity index is 1.67. The van der Waals surface area contributed by atoms with Crippen LogP contribution in [0.1, 0.15) is 26.5 Å². The highest BCUT2D eigenvalue weighted by atomic mass is 16.3. The van der Waals surface area contributed by atoms with Crippen LogP contribution in [-0.4, -0.2) is 28.6 Å². The maximum atomic E-state index is 13.0. The zero-order chi connectivity index (χ0) is 21.1. The third kappa shape index (κ3) is 3.86. The molecule has 0 aliphatic rings. The molecule has 7 nitrogen and oxygen atoms in total. The first kappa shape index (κ1) is 19.2. The fourth-order valence-electron chi connectivity index (χ4n) is 3.04. The van der Waals surface area contributed by atoms with Crippen molar-refractivity contribution >= 4 is 17.5 Å². The zero-order valence-electron chi connectivity index (χ0n) is 16.5. The maximum Gasteiger partial charge on any atom is 0.259 e. The first-order valence-corrected chi connectivity index (χ1v) is 9.40. The van der Waals surface area contributed by atoms with Crippen LogP contribution in [0, 0.1) is 6.92 Å². The first-order chi connectivity index (χ1) is 14.5. The Hall–Kier alpha value is -4.13. The summed E-state index contributed by atoms with van der Waals surface area (Å²) in [5, 5.41) is 10.0. The predicted octanol–water partition coefficient (Wildman–Crippen LogP) is 4.05. The van der Waals surface area contributed by atoms with Crippen molar-refractivity contribution in [2.45, 2.75) is 6.92 Å². The van der Waals surface area contributed by atoms with Gasteiger partial charge in [0.05, 0.1) is 11.3 Å². The lowest BCUT2D eigenvalue weighted by atomic mass is 10.1. The van der Waals surface area contributed by atoms with Gasteiger partial charge in [0.25, 0.3) is 11.8 Å². The van der Waals surface area contributed by atoms with Crippen LogP contribution in [-0.2, 0) is 0 Å². The first-order valence-electron chi connectivity index (χ1n) is 9.40. The van der Waals surface area contributed by atoms with Crippen molar-refractivity contribution in [3.05, 3.63) is 89.8 Å². The third-order valence-electron chi connectivity index (χ3n) is 4.59. The van der Waals surface area contributed by atoms with Crippen molar-refractivity contribution in [2.75, 3.05) is 12.4 Å². The van der Waals surface area contributed by atoms with Gasteiger partial charge in [0, 0.05) is 24.5 Å². The van der Waals surface area contributed by atoms with E-state index < -0.39 is 0 Å². The number of hydrogen-bond donors (Lipinski definition) is 2. The number of carbonyl (C=O) groups is 2. The molecule has 0 saturated carbocycles. The summed E-state index contributed by atoms with van der Waals surface area (Å²) in [6.07, 6.45) is 1.68. The highest BCUT2D eigenvalue weighted by molar-refractivity contribution is 6.08. The van der Waals surface area contributed by atoms with Crippen LogP contribution < -0.4 is 10.6 Å².